The summed E-state index contributed by atoms with van der Waals surface area (Å²) in [4.78, 5) is 22.7. The van der Waals surface area contributed by atoms with Crippen molar-refractivity contribution in [2.45, 2.75) is 13.0 Å². The Kier molecular flexibility index (Phi) is 5.17. The molecule has 0 aliphatic rings. The fourth-order valence-corrected chi connectivity index (χ4v) is 1.36. The molecule has 0 radical (unpaired) electrons. The quantitative estimate of drug-likeness (QED) is 0.728. The molecule has 1 rings (SSSR count). The van der Waals surface area contributed by atoms with Crippen LogP contribution in [-0.2, 0) is 4.79 Å². The molecule has 0 spiro atoms. The van der Waals surface area contributed by atoms with Gasteiger partial charge in [-0.1, -0.05) is 0 Å². The molecule has 0 bridgehead atoms. The number of nitrogens with one attached hydrogen (secondary N) is 2. The van der Waals surface area contributed by atoms with Gasteiger partial charge in [-0.25, -0.2) is 0 Å². The average Bonchev–Trinajstić information content (AvgIpc) is 2.72. The molecule has 0 saturated carbocycles. The van der Waals surface area contributed by atoms with Crippen molar-refractivity contribution in [1.29, 1.82) is 0 Å². The number of aliphatic hydroxyl groups excluding tert-OH is 1. The molecule has 2 amide bonds. The van der Waals surface area contributed by atoms with Crippen LogP contribution in [0, 0.1) is 0 Å². The van der Waals surface area contributed by atoms with Gasteiger partial charge < -0.3 is 20.2 Å². The Hall–Kier alpha value is -1.34. The Morgan fingerprint density at radius 1 is 1.53 bits per heavy atom. The number of hydrogen-bond acceptors (Lipinski definition) is 4. The van der Waals surface area contributed by atoms with Crippen molar-refractivity contribution in [3.8, 4) is 0 Å². The fourth-order valence-electron chi connectivity index (χ4n) is 1.06. The highest BCUT2D eigenvalue weighted by molar-refractivity contribution is 9.10. The maximum absolute atomic E-state index is 11.5. The van der Waals surface area contributed by atoms with Crippen LogP contribution in [0.25, 0.3) is 0 Å². The molecule has 1 aromatic rings. The van der Waals surface area contributed by atoms with Gasteiger partial charge in [0.2, 0.25) is 5.91 Å². The summed E-state index contributed by atoms with van der Waals surface area (Å²) in [6.45, 7) is 1.34. The molecule has 6 nitrogen and oxygen atoms in total. The molecule has 3 N–H and O–H groups in total. The van der Waals surface area contributed by atoms with Crippen LogP contribution in [0.1, 0.15) is 17.5 Å². The SMILES string of the molecule is CC(CO)NC(=O)CNC(=O)c1ccc(Br)o1. The largest absolute Gasteiger partial charge is 0.444 e. The molecular weight excluding hydrogens is 292 g/mol. The number of amides is 2. The number of aliphatic hydroxyl groups is 1. The first-order valence-electron chi connectivity index (χ1n) is 4.96. The van der Waals surface area contributed by atoms with Crippen molar-refractivity contribution in [3.05, 3.63) is 22.6 Å². The predicted molar refractivity (Wildman–Crippen MR) is 63.4 cm³/mol. The highest BCUT2D eigenvalue weighted by Gasteiger charge is 2.12. The first-order chi connectivity index (χ1) is 8.02. The van der Waals surface area contributed by atoms with Crippen LogP contribution in [0.4, 0.5) is 0 Å². The number of carbonyl (C=O) groups excluding carboxylic acids is 2. The van der Waals surface area contributed by atoms with Crippen LogP contribution in [-0.4, -0.2) is 36.1 Å². The van der Waals surface area contributed by atoms with Crippen LogP contribution in [0.3, 0.4) is 0 Å². The van der Waals surface area contributed by atoms with E-state index in [0.717, 1.165) is 0 Å². The Labute approximate surface area is 106 Å². The van der Waals surface area contributed by atoms with Crippen molar-refractivity contribution >= 4 is 27.7 Å². The molecule has 7 heteroatoms. The van der Waals surface area contributed by atoms with Gasteiger partial charge in [0.25, 0.3) is 5.91 Å². The normalized spacial score (nSPS) is 11.9. The van der Waals surface area contributed by atoms with Gasteiger partial charge in [-0.3, -0.25) is 9.59 Å². The number of carbonyl (C=O) groups is 2. The van der Waals surface area contributed by atoms with E-state index in [1.807, 2.05) is 0 Å². The first kappa shape index (κ1) is 13.7. The van der Waals surface area contributed by atoms with E-state index in [-0.39, 0.29) is 30.9 Å². The first-order valence-corrected chi connectivity index (χ1v) is 5.76. The van der Waals surface area contributed by atoms with Gasteiger partial charge in [0.15, 0.2) is 10.4 Å². The maximum Gasteiger partial charge on any atom is 0.287 e. The lowest BCUT2D eigenvalue weighted by atomic mass is 10.3. The molecule has 0 saturated heterocycles. The van der Waals surface area contributed by atoms with E-state index in [1.165, 1.54) is 6.07 Å². The molecule has 94 valence electrons. The summed E-state index contributed by atoms with van der Waals surface area (Å²) < 4.78 is 5.46. The van der Waals surface area contributed by atoms with E-state index in [9.17, 15) is 9.59 Å². The molecule has 1 aromatic heterocycles. The third kappa shape index (κ3) is 4.58. The van der Waals surface area contributed by atoms with Crippen LogP contribution in [0.15, 0.2) is 21.2 Å². The number of rotatable bonds is 5. The van der Waals surface area contributed by atoms with Crippen molar-refractivity contribution < 1.29 is 19.1 Å². The molecule has 0 aliphatic heterocycles. The lowest BCUT2D eigenvalue weighted by molar-refractivity contribution is -0.121. The van der Waals surface area contributed by atoms with Gasteiger partial charge in [0, 0.05) is 6.04 Å². The van der Waals surface area contributed by atoms with Gasteiger partial charge in [0.05, 0.1) is 13.2 Å². The smallest absolute Gasteiger partial charge is 0.287 e. The van der Waals surface area contributed by atoms with Crippen LogP contribution < -0.4 is 10.6 Å². The highest BCUT2D eigenvalue weighted by atomic mass is 79.9. The van der Waals surface area contributed by atoms with E-state index < -0.39 is 5.91 Å². The third-order valence-corrected chi connectivity index (χ3v) is 2.31. The molecule has 1 atom stereocenters. The zero-order chi connectivity index (χ0) is 12.8. The predicted octanol–water partition coefficient (Wildman–Crippen LogP) is 0.269. The van der Waals surface area contributed by atoms with Crippen molar-refractivity contribution in [2.75, 3.05) is 13.2 Å². The van der Waals surface area contributed by atoms with Crippen molar-refractivity contribution in [3.63, 3.8) is 0 Å². The van der Waals surface area contributed by atoms with E-state index in [4.69, 9.17) is 9.52 Å². The van der Waals surface area contributed by atoms with Crippen LogP contribution in [0.2, 0.25) is 0 Å². The summed E-state index contributed by atoms with van der Waals surface area (Å²) in [5.41, 5.74) is 0. The highest BCUT2D eigenvalue weighted by Crippen LogP contribution is 2.13. The van der Waals surface area contributed by atoms with Gasteiger partial charge >= 0.3 is 0 Å². The second kappa shape index (κ2) is 6.41. The molecule has 0 aromatic carbocycles. The van der Waals surface area contributed by atoms with E-state index in [0.29, 0.717) is 4.67 Å². The minimum Gasteiger partial charge on any atom is -0.444 e. The summed E-state index contributed by atoms with van der Waals surface area (Å²) in [6, 6.07) is 2.74. The molecular formula is C10H13BrN2O4. The van der Waals surface area contributed by atoms with Gasteiger partial charge in [-0.15, -0.1) is 0 Å². The summed E-state index contributed by atoms with van der Waals surface area (Å²) in [6.07, 6.45) is 0. The van der Waals surface area contributed by atoms with Crippen LogP contribution >= 0.6 is 15.9 Å². The summed E-state index contributed by atoms with van der Waals surface area (Å²) in [5.74, 6) is -0.715. The zero-order valence-electron chi connectivity index (χ0n) is 9.20. The topological polar surface area (TPSA) is 91.6 Å². The fraction of sp³-hybridized carbons (Fsp3) is 0.400. The minimum atomic E-state index is -0.470. The lowest BCUT2D eigenvalue weighted by Crippen LogP contribution is -2.42. The summed E-state index contributed by atoms with van der Waals surface area (Å²) in [7, 11) is 0. The zero-order valence-corrected chi connectivity index (χ0v) is 10.8. The Morgan fingerprint density at radius 3 is 2.76 bits per heavy atom. The van der Waals surface area contributed by atoms with E-state index in [1.54, 1.807) is 13.0 Å². The summed E-state index contributed by atoms with van der Waals surface area (Å²) in [5, 5.41) is 13.6. The minimum absolute atomic E-state index is 0.125. The monoisotopic (exact) mass is 304 g/mol. The van der Waals surface area contributed by atoms with Gasteiger partial charge in [-0.05, 0) is 35.0 Å². The standard InChI is InChI=1S/C10H13BrN2O4/c1-6(5-14)13-9(15)4-12-10(16)7-2-3-8(11)17-7/h2-3,6,14H,4-5H2,1H3,(H,12,16)(H,13,15). The van der Waals surface area contributed by atoms with E-state index >= 15 is 0 Å². The third-order valence-electron chi connectivity index (χ3n) is 1.89. The Morgan fingerprint density at radius 2 is 2.24 bits per heavy atom. The maximum atomic E-state index is 11.5. The second-order valence-electron chi connectivity index (χ2n) is 3.44. The second-order valence-corrected chi connectivity index (χ2v) is 4.22. The van der Waals surface area contributed by atoms with Crippen molar-refractivity contribution in [1.82, 2.24) is 10.6 Å². The van der Waals surface area contributed by atoms with Crippen LogP contribution in [0.5, 0.6) is 0 Å². The van der Waals surface area contributed by atoms with Gasteiger partial charge in [0.1, 0.15) is 0 Å². The molecule has 0 aliphatic carbocycles. The average molecular weight is 305 g/mol. The van der Waals surface area contributed by atoms with Crippen molar-refractivity contribution in [2.24, 2.45) is 0 Å². The summed E-state index contributed by atoms with van der Waals surface area (Å²) >= 11 is 3.07. The van der Waals surface area contributed by atoms with E-state index in [2.05, 4.69) is 26.6 Å². The Balaban J connectivity index is 2.36. The number of hydrogen-bond donors (Lipinski definition) is 3. The number of furan rings is 1. The van der Waals surface area contributed by atoms with Gasteiger partial charge in [-0.2, -0.15) is 0 Å². The Bertz CT molecular complexity index is 405. The number of halogens is 1. The lowest BCUT2D eigenvalue weighted by Gasteiger charge is -2.10. The molecule has 1 heterocycles. The molecule has 0 fully saturated rings. The molecule has 1 unspecified atom stereocenters. The molecule has 17 heavy (non-hydrogen) atoms.